The predicted octanol–water partition coefficient (Wildman–Crippen LogP) is 1.90. The van der Waals surface area contributed by atoms with Crippen LogP contribution in [0.3, 0.4) is 0 Å². The summed E-state index contributed by atoms with van der Waals surface area (Å²) in [5, 5.41) is 7.31. The van der Waals surface area contributed by atoms with Crippen molar-refractivity contribution in [3.05, 3.63) is 46.8 Å². The molecular formula is C19H22N6O2. The maximum atomic E-state index is 12.8. The molecule has 2 aromatic heterocycles. The zero-order valence-electron chi connectivity index (χ0n) is 15.4. The number of carbonyl (C=O) groups is 1. The summed E-state index contributed by atoms with van der Waals surface area (Å²) < 4.78 is 7.36. The highest BCUT2D eigenvalue weighted by atomic mass is 16.5. The fraction of sp³-hybridized carbons (Fsp3) is 0.368. The Morgan fingerprint density at radius 2 is 2.15 bits per heavy atom. The summed E-state index contributed by atoms with van der Waals surface area (Å²) in [6.07, 6.45) is 1.96. The highest BCUT2D eigenvalue weighted by Crippen LogP contribution is 2.31. The molecule has 8 nitrogen and oxygen atoms in total. The molecule has 1 atom stereocenters. The first-order valence-electron chi connectivity index (χ1n) is 9.02. The second kappa shape index (κ2) is 6.86. The lowest BCUT2D eigenvalue weighted by Crippen LogP contribution is -2.30. The monoisotopic (exact) mass is 366 g/mol. The molecule has 3 N–H and O–H groups in total. The highest BCUT2D eigenvalue weighted by Gasteiger charge is 2.22. The van der Waals surface area contributed by atoms with Gasteiger partial charge >= 0.3 is 0 Å². The van der Waals surface area contributed by atoms with E-state index in [4.69, 9.17) is 10.5 Å². The number of hydrogen-bond donors (Lipinski definition) is 2. The minimum absolute atomic E-state index is 0.0582. The van der Waals surface area contributed by atoms with Crippen molar-refractivity contribution >= 4 is 17.6 Å². The van der Waals surface area contributed by atoms with Crippen LogP contribution in [0.5, 0.6) is 5.75 Å². The molecule has 0 saturated carbocycles. The molecule has 0 spiro atoms. The lowest BCUT2D eigenvalue weighted by Gasteiger charge is -2.19. The lowest BCUT2D eigenvalue weighted by molar-refractivity contribution is -0.121. The quantitative estimate of drug-likeness (QED) is 0.733. The Bertz CT molecular complexity index is 1010. The summed E-state index contributed by atoms with van der Waals surface area (Å²) in [6.45, 7) is 4.43. The molecule has 1 amide bonds. The summed E-state index contributed by atoms with van der Waals surface area (Å²) >= 11 is 0. The number of aromatic nitrogens is 4. The minimum atomic E-state index is -0.0597. The zero-order chi connectivity index (χ0) is 19.0. The van der Waals surface area contributed by atoms with Crippen molar-refractivity contribution in [1.82, 2.24) is 24.9 Å². The van der Waals surface area contributed by atoms with Crippen molar-refractivity contribution in [2.75, 3.05) is 12.3 Å². The number of amides is 1. The van der Waals surface area contributed by atoms with Crippen molar-refractivity contribution in [2.45, 2.75) is 39.2 Å². The number of ether oxygens (including phenoxy) is 1. The lowest BCUT2D eigenvalue weighted by atomic mass is 10.0. The summed E-state index contributed by atoms with van der Waals surface area (Å²) in [5.41, 5.74) is 9.11. The van der Waals surface area contributed by atoms with Gasteiger partial charge in [-0.1, -0.05) is 18.2 Å². The number of fused-ring (bicyclic) bond motifs is 2. The number of nitrogens with zero attached hydrogens (tertiary/aromatic N) is 4. The average Bonchev–Trinajstić information content (AvgIpc) is 2.89. The molecule has 3 aromatic rings. The molecular weight excluding hydrogens is 344 g/mol. The smallest absolute Gasteiger partial charge is 0.254 e. The maximum Gasteiger partial charge on any atom is 0.254 e. The first kappa shape index (κ1) is 17.3. The van der Waals surface area contributed by atoms with Gasteiger partial charge in [0.05, 0.1) is 19.1 Å². The predicted molar refractivity (Wildman–Crippen MR) is 100 cm³/mol. The number of nitrogen functional groups attached to an aromatic ring is 1. The van der Waals surface area contributed by atoms with Crippen LogP contribution in [0.1, 0.15) is 41.4 Å². The normalized spacial score (nSPS) is 16.4. The Kier molecular flexibility index (Phi) is 4.39. The van der Waals surface area contributed by atoms with Crippen LogP contribution in [-0.2, 0) is 11.2 Å². The standard InChI is InChI=1S/C19H22N6O2/c1-11-14(12(2)25-19(21-11)23-18(20)24-25)10-17(26)22-15-7-5-9-27-16-8-4-3-6-13(15)16/h3-4,6,8,15H,5,7,9-10H2,1-2H3,(H2,20,24)(H,22,26). The topological polar surface area (TPSA) is 107 Å². The number of nitrogens with two attached hydrogens (primary N) is 1. The number of aryl methyl sites for hydroxylation is 2. The Labute approximate surface area is 156 Å². The van der Waals surface area contributed by atoms with Crippen LogP contribution in [0.15, 0.2) is 24.3 Å². The second-order valence-electron chi connectivity index (χ2n) is 6.77. The molecule has 1 aromatic carbocycles. The molecule has 0 aliphatic carbocycles. The fourth-order valence-electron chi connectivity index (χ4n) is 3.56. The van der Waals surface area contributed by atoms with Gasteiger partial charge in [0.2, 0.25) is 11.9 Å². The van der Waals surface area contributed by atoms with E-state index in [1.807, 2.05) is 38.1 Å². The van der Waals surface area contributed by atoms with Gasteiger partial charge in [-0.2, -0.15) is 9.50 Å². The molecule has 0 bridgehead atoms. The summed E-state index contributed by atoms with van der Waals surface area (Å²) in [4.78, 5) is 21.3. The van der Waals surface area contributed by atoms with Gasteiger partial charge in [-0.15, -0.1) is 5.10 Å². The first-order valence-corrected chi connectivity index (χ1v) is 9.02. The number of para-hydroxylation sites is 1. The number of anilines is 1. The molecule has 1 unspecified atom stereocenters. The molecule has 3 heterocycles. The maximum absolute atomic E-state index is 12.8. The van der Waals surface area contributed by atoms with Crippen LogP contribution in [0.25, 0.3) is 5.78 Å². The summed E-state index contributed by atoms with van der Waals surface area (Å²) in [5.74, 6) is 1.40. The zero-order valence-corrected chi connectivity index (χ0v) is 15.4. The number of rotatable bonds is 3. The van der Waals surface area contributed by atoms with Gasteiger partial charge in [-0.3, -0.25) is 4.79 Å². The average molecular weight is 366 g/mol. The van der Waals surface area contributed by atoms with E-state index in [9.17, 15) is 4.79 Å². The van der Waals surface area contributed by atoms with E-state index in [0.717, 1.165) is 41.1 Å². The van der Waals surface area contributed by atoms with Crippen LogP contribution in [0, 0.1) is 13.8 Å². The summed E-state index contributed by atoms with van der Waals surface area (Å²) in [7, 11) is 0. The van der Waals surface area contributed by atoms with Crippen LogP contribution < -0.4 is 15.8 Å². The van der Waals surface area contributed by atoms with Gasteiger partial charge in [0.1, 0.15) is 5.75 Å². The van der Waals surface area contributed by atoms with Crippen molar-refractivity contribution in [3.8, 4) is 5.75 Å². The molecule has 27 heavy (non-hydrogen) atoms. The molecule has 1 aliphatic heterocycles. The van der Waals surface area contributed by atoms with E-state index in [1.54, 1.807) is 4.52 Å². The Hall–Kier alpha value is -3.16. The second-order valence-corrected chi connectivity index (χ2v) is 6.77. The van der Waals surface area contributed by atoms with Crippen LogP contribution in [-0.4, -0.2) is 32.1 Å². The van der Waals surface area contributed by atoms with E-state index in [1.165, 1.54) is 0 Å². The Morgan fingerprint density at radius 1 is 1.33 bits per heavy atom. The van der Waals surface area contributed by atoms with Gasteiger partial charge in [0.15, 0.2) is 0 Å². The van der Waals surface area contributed by atoms with Crippen LogP contribution in [0.4, 0.5) is 5.95 Å². The molecule has 8 heteroatoms. The van der Waals surface area contributed by atoms with Crippen LogP contribution >= 0.6 is 0 Å². The SMILES string of the molecule is Cc1nc2nc(N)nn2c(C)c1CC(=O)NC1CCCOc2ccccc21. The van der Waals surface area contributed by atoms with Crippen molar-refractivity contribution in [1.29, 1.82) is 0 Å². The van der Waals surface area contributed by atoms with Gasteiger partial charge in [-0.25, -0.2) is 4.98 Å². The number of nitrogens with one attached hydrogen (secondary N) is 1. The fourth-order valence-corrected chi connectivity index (χ4v) is 3.56. The third-order valence-corrected chi connectivity index (χ3v) is 4.93. The molecule has 1 aliphatic rings. The molecule has 4 rings (SSSR count). The van der Waals surface area contributed by atoms with Crippen molar-refractivity contribution in [2.24, 2.45) is 0 Å². The van der Waals surface area contributed by atoms with Gasteiger partial charge in [0.25, 0.3) is 5.78 Å². The number of carbonyl (C=O) groups excluding carboxylic acids is 1. The Balaban J connectivity index is 1.57. The third kappa shape index (κ3) is 3.30. The van der Waals surface area contributed by atoms with E-state index >= 15 is 0 Å². The number of benzene rings is 1. The molecule has 0 saturated heterocycles. The first-order chi connectivity index (χ1) is 13.0. The Morgan fingerprint density at radius 3 is 3.00 bits per heavy atom. The molecule has 0 fully saturated rings. The van der Waals surface area contributed by atoms with Crippen molar-refractivity contribution in [3.63, 3.8) is 0 Å². The van der Waals surface area contributed by atoms with Gasteiger partial charge in [-0.05, 0) is 32.8 Å². The van der Waals surface area contributed by atoms with E-state index in [0.29, 0.717) is 12.4 Å². The van der Waals surface area contributed by atoms with Gasteiger partial charge in [0, 0.05) is 22.5 Å². The highest BCUT2D eigenvalue weighted by molar-refractivity contribution is 5.79. The van der Waals surface area contributed by atoms with Gasteiger partial charge < -0.3 is 15.8 Å². The van der Waals surface area contributed by atoms with E-state index in [2.05, 4.69) is 20.4 Å². The van der Waals surface area contributed by atoms with Crippen LogP contribution in [0.2, 0.25) is 0 Å². The van der Waals surface area contributed by atoms with E-state index < -0.39 is 0 Å². The molecule has 0 radical (unpaired) electrons. The minimum Gasteiger partial charge on any atom is -0.493 e. The van der Waals surface area contributed by atoms with E-state index in [-0.39, 0.29) is 24.3 Å². The number of hydrogen-bond acceptors (Lipinski definition) is 6. The van der Waals surface area contributed by atoms with Crippen molar-refractivity contribution < 1.29 is 9.53 Å². The molecule has 140 valence electrons. The summed E-state index contributed by atoms with van der Waals surface area (Å²) in [6, 6.07) is 7.80. The largest absolute Gasteiger partial charge is 0.493 e. The third-order valence-electron chi connectivity index (χ3n) is 4.93.